The van der Waals surface area contributed by atoms with Crippen LogP contribution < -0.4 is 5.73 Å². The third kappa shape index (κ3) is 2.16. The summed E-state index contributed by atoms with van der Waals surface area (Å²) in [6.07, 6.45) is -2.74. The number of hydrogen-bond donors (Lipinski definition) is 1. The number of hydrogen-bond acceptors (Lipinski definition) is 3. The lowest BCUT2D eigenvalue weighted by molar-refractivity contribution is 0.145. The molecule has 3 nitrogen and oxygen atoms in total. The minimum atomic E-state index is -2.74. The van der Waals surface area contributed by atoms with Gasteiger partial charge in [0.25, 0.3) is 6.43 Å². The molecule has 14 heavy (non-hydrogen) atoms. The van der Waals surface area contributed by atoms with E-state index in [1.54, 1.807) is 6.07 Å². The van der Waals surface area contributed by atoms with E-state index in [9.17, 15) is 8.78 Å². The van der Waals surface area contributed by atoms with Crippen LogP contribution in [-0.4, -0.2) is 4.98 Å². The molecule has 0 bridgehead atoms. The van der Waals surface area contributed by atoms with Crippen molar-refractivity contribution in [2.24, 2.45) is 5.73 Å². The summed E-state index contributed by atoms with van der Waals surface area (Å²) >= 11 is 1.91. The molecule has 0 radical (unpaired) electrons. The number of nitrogens with zero attached hydrogens (tertiary/aromatic N) is 2. The van der Waals surface area contributed by atoms with Crippen LogP contribution in [0, 0.1) is 14.9 Å². The maximum absolute atomic E-state index is 12.4. The summed E-state index contributed by atoms with van der Waals surface area (Å²) < 4.78 is 25.4. The van der Waals surface area contributed by atoms with Crippen molar-refractivity contribution in [2.45, 2.75) is 13.0 Å². The average molecular weight is 309 g/mol. The SMILES string of the molecule is N#Cc1cc(I)c(CN)nc1C(F)F. The number of nitrogens with two attached hydrogens (primary N) is 1. The van der Waals surface area contributed by atoms with Crippen LogP contribution in [0.15, 0.2) is 6.07 Å². The van der Waals surface area contributed by atoms with Crippen LogP contribution >= 0.6 is 22.6 Å². The third-order valence-electron chi connectivity index (χ3n) is 1.60. The largest absolute Gasteiger partial charge is 0.325 e. The molecule has 0 aliphatic rings. The molecule has 0 unspecified atom stereocenters. The lowest BCUT2D eigenvalue weighted by Gasteiger charge is -2.06. The Labute approximate surface area is 93.1 Å². The van der Waals surface area contributed by atoms with Crippen molar-refractivity contribution < 1.29 is 8.78 Å². The zero-order chi connectivity index (χ0) is 10.7. The summed E-state index contributed by atoms with van der Waals surface area (Å²) in [7, 11) is 0. The van der Waals surface area contributed by atoms with Crippen molar-refractivity contribution in [3.8, 4) is 6.07 Å². The van der Waals surface area contributed by atoms with E-state index in [4.69, 9.17) is 11.0 Å². The molecule has 74 valence electrons. The van der Waals surface area contributed by atoms with Crippen molar-refractivity contribution in [1.29, 1.82) is 5.26 Å². The first-order valence-electron chi connectivity index (χ1n) is 3.67. The lowest BCUT2D eigenvalue weighted by Crippen LogP contribution is -2.07. The molecule has 1 aromatic rings. The van der Waals surface area contributed by atoms with Crippen LogP contribution in [0.1, 0.15) is 23.4 Å². The van der Waals surface area contributed by atoms with Gasteiger partial charge in [0, 0.05) is 10.1 Å². The van der Waals surface area contributed by atoms with Gasteiger partial charge in [0.1, 0.15) is 11.8 Å². The van der Waals surface area contributed by atoms with Crippen molar-refractivity contribution in [3.05, 3.63) is 26.6 Å². The smallest absolute Gasteiger partial charge is 0.281 e. The predicted molar refractivity (Wildman–Crippen MR) is 54.5 cm³/mol. The average Bonchev–Trinajstić information content (AvgIpc) is 2.16. The van der Waals surface area contributed by atoms with E-state index in [-0.39, 0.29) is 12.1 Å². The predicted octanol–water partition coefficient (Wildman–Crippen LogP) is 1.95. The van der Waals surface area contributed by atoms with E-state index in [0.29, 0.717) is 9.26 Å². The zero-order valence-electron chi connectivity index (χ0n) is 6.97. The minimum absolute atomic E-state index is 0.0870. The van der Waals surface area contributed by atoms with Crippen LogP contribution in [0.3, 0.4) is 0 Å². The first kappa shape index (κ1) is 11.3. The van der Waals surface area contributed by atoms with Gasteiger partial charge in [0.15, 0.2) is 0 Å². The monoisotopic (exact) mass is 309 g/mol. The molecule has 1 rings (SSSR count). The van der Waals surface area contributed by atoms with Gasteiger partial charge in [-0.25, -0.2) is 13.8 Å². The van der Waals surface area contributed by atoms with E-state index >= 15 is 0 Å². The molecular formula is C8H6F2IN3. The number of alkyl halides is 2. The van der Waals surface area contributed by atoms with Gasteiger partial charge in [-0.05, 0) is 28.7 Å². The van der Waals surface area contributed by atoms with E-state index < -0.39 is 12.1 Å². The molecule has 0 aliphatic heterocycles. The molecule has 0 spiro atoms. The highest BCUT2D eigenvalue weighted by Crippen LogP contribution is 2.23. The number of pyridine rings is 1. The van der Waals surface area contributed by atoms with Gasteiger partial charge in [-0.15, -0.1) is 0 Å². The summed E-state index contributed by atoms with van der Waals surface area (Å²) in [5.41, 5.74) is 5.12. The van der Waals surface area contributed by atoms with E-state index in [1.807, 2.05) is 22.6 Å². The number of rotatable bonds is 2. The molecule has 0 atom stereocenters. The summed E-state index contributed by atoms with van der Waals surface area (Å²) in [6, 6.07) is 3.05. The Balaban J connectivity index is 3.34. The van der Waals surface area contributed by atoms with Crippen LogP contribution in [0.4, 0.5) is 8.78 Å². The van der Waals surface area contributed by atoms with Gasteiger partial charge < -0.3 is 5.73 Å². The fraction of sp³-hybridized carbons (Fsp3) is 0.250. The van der Waals surface area contributed by atoms with Crippen LogP contribution in [0.2, 0.25) is 0 Å². The van der Waals surface area contributed by atoms with E-state index in [1.165, 1.54) is 6.07 Å². The summed E-state index contributed by atoms with van der Waals surface area (Å²) in [5, 5.41) is 8.60. The number of aromatic nitrogens is 1. The fourth-order valence-electron chi connectivity index (χ4n) is 0.942. The number of nitriles is 1. The molecule has 0 saturated heterocycles. The quantitative estimate of drug-likeness (QED) is 0.849. The van der Waals surface area contributed by atoms with Gasteiger partial charge >= 0.3 is 0 Å². The van der Waals surface area contributed by atoms with Crippen molar-refractivity contribution in [3.63, 3.8) is 0 Å². The molecule has 0 fully saturated rings. The summed E-state index contributed by atoms with van der Waals surface area (Å²) in [4.78, 5) is 3.66. The first-order chi connectivity index (χ1) is 6.60. The lowest BCUT2D eigenvalue weighted by atomic mass is 10.2. The van der Waals surface area contributed by atoms with E-state index in [0.717, 1.165) is 0 Å². The Morgan fingerprint density at radius 2 is 2.29 bits per heavy atom. The highest BCUT2D eigenvalue weighted by atomic mass is 127. The fourth-order valence-corrected chi connectivity index (χ4v) is 1.59. The standard InChI is InChI=1S/C8H6F2IN3/c9-8(10)7-4(2-12)1-5(11)6(3-13)14-7/h1,8H,3,13H2. The Morgan fingerprint density at radius 3 is 2.71 bits per heavy atom. The molecule has 6 heteroatoms. The molecule has 0 amide bonds. The first-order valence-corrected chi connectivity index (χ1v) is 4.75. The van der Waals surface area contributed by atoms with Crippen molar-refractivity contribution >= 4 is 22.6 Å². The van der Waals surface area contributed by atoms with Crippen LogP contribution in [0.5, 0.6) is 0 Å². The Bertz CT molecular complexity index is 387. The highest BCUT2D eigenvalue weighted by Gasteiger charge is 2.17. The molecule has 1 heterocycles. The molecule has 2 N–H and O–H groups in total. The summed E-state index contributed by atoms with van der Waals surface area (Å²) in [5.74, 6) is 0. The van der Waals surface area contributed by atoms with Gasteiger partial charge in [0.2, 0.25) is 0 Å². The van der Waals surface area contributed by atoms with Gasteiger partial charge in [0.05, 0.1) is 11.3 Å². The van der Waals surface area contributed by atoms with Gasteiger partial charge in [-0.3, -0.25) is 0 Å². The van der Waals surface area contributed by atoms with Gasteiger partial charge in [-0.1, -0.05) is 0 Å². The summed E-state index contributed by atoms with van der Waals surface area (Å²) in [6.45, 7) is 0.0870. The molecule has 0 aromatic carbocycles. The Morgan fingerprint density at radius 1 is 1.64 bits per heavy atom. The third-order valence-corrected chi connectivity index (χ3v) is 2.53. The highest BCUT2D eigenvalue weighted by molar-refractivity contribution is 14.1. The maximum Gasteiger partial charge on any atom is 0.281 e. The van der Waals surface area contributed by atoms with Crippen molar-refractivity contribution in [1.82, 2.24) is 4.98 Å². The van der Waals surface area contributed by atoms with Gasteiger partial charge in [-0.2, -0.15) is 5.26 Å². The topological polar surface area (TPSA) is 62.7 Å². The molecule has 0 saturated carbocycles. The second-order valence-corrected chi connectivity index (χ2v) is 3.63. The number of halogens is 3. The Kier molecular flexibility index (Phi) is 3.71. The second-order valence-electron chi connectivity index (χ2n) is 2.47. The molecular weight excluding hydrogens is 303 g/mol. The normalized spacial score (nSPS) is 10.3. The van der Waals surface area contributed by atoms with E-state index in [2.05, 4.69) is 4.98 Å². The van der Waals surface area contributed by atoms with Crippen LogP contribution in [0.25, 0.3) is 0 Å². The maximum atomic E-state index is 12.4. The molecule has 0 aliphatic carbocycles. The Hall–Kier alpha value is -0.810. The van der Waals surface area contributed by atoms with Crippen molar-refractivity contribution in [2.75, 3.05) is 0 Å². The molecule has 1 aromatic heterocycles. The van der Waals surface area contributed by atoms with Crippen LogP contribution in [-0.2, 0) is 6.54 Å². The minimum Gasteiger partial charge on any atom is -0.325 e. The zero-order valence-corrected chi connectivity index (χ0v) is 9.12. The second kappa shape index (κ2) is 4.61.